The lowest BCUT2D eigenvalue weighted by Gasteiger charge is -2.38. The molecule has 7 rings (SSSR count). The maximum atomic E-state index is 4.31. The van der Waals surface area contributed by atoms with Gasteiger partial charge in [0.2, 0.25) is 0 Å². The van der Waals surface area contributed by atoms with Crippen LogP contribution in [0.4, 0.5) is 28.4 Å². The second-order valence-corrected chi connectivity index (χ2v) is 17.9. The summed E-state index contributed by atoms with van der Waals surface area (Å²) < 4.78 is 0. The van der Waals surface area contributed by atoms with Gasteiger partial charge in [-0.25, -0.2) is 0 Å². The zero-order valence-electron chi connectivity index (χ0n) is 40.0. The SMILES string of the molecule is C=C/C=C1\C(=C/C)C(/C=C\C)=C(C)C12C(/C=C\C(C)N(c1ccc(C)c(C)c1)c1ccc(C)c(C)c1)=C(C)C=Cc1cc(N(c3ccc(C)c(C)c3)c3ccc(C)c(C)c3)ccc12. The second-order valence-electron chi connectivity index (χ2n) is 17.9. The van der Waals surface area contributed by atoms with Gasteiger partial charge in [0.1, 0.15) is 0 Å². The van der Waals surface area contributed by atoms with E-state index < -0.39 is 5.41 Å². The lowest BCUT2D eigenvalue weighted by molar-refractivity contribution is 0.729. The zero-order valence-corrected chi connectivity index (χ0v) is 40.0. The molecule has 0 amide bonds. The Morgan fingerprint density at radius 3 is 1.51 bits per heavy atom. The number of hydrogen-bond donors (Lipinski definition) is 0. The van der Waals surface area contributed by atoms with Gasteiger partial charge in [-0.15, -0.1) is 0 Å². The van der Waals surface area contributed by atoms with E-state index in [4.69, 9.17) is 0 Å². The van der Waals surface area contributed by atoms with Gasteiger partial charge in [0, 0.05) is 34.5 Å². The number of aryl methyl sites for hydroxylation is 8. The number of hydrogen-bond acceptors (Lipinski definition) is 2. The lowest BCUT2D eigenvalue weighted by Crippen LogP contribution is -2.32. The molecule has 1 spiro atoms. The molecule has 2 heteroatoms. The third-order valence-electron chi connectivity index (χ3n) is 13.9. The topological polar surface area (TPSA) is 6.48 Å². The molecule has 0 fully saturated rings. The summed E-state index contributed by atoms with van der Waals surface area (Å²) in [5.41, 5.74) is 25.5. The summed E-state index contributed by atoms with van der Waals surface area (Å²) in [5, 5.41) is 0. The highest BCUT2D eigenvalue weighted by Crippen LogP contribution is 2.59. The van der Waals surface area contributed by atoms with Crippen molar-refractivity contribution in [2.45, 2.75) is 101 Å². The normalized spacial score (nSPS) is 18.0. The fourth-order valence-corrected chi connectivity index (χ4v) is 9.71. The van der Waals surface area contributed by atoms with Gasteiger partial charge in [0.15, 0.2) is 0 Å². The van der Waals surface area contributed by atoms with Crippen LogP contribution in [-0.4, -0.2) is 6.04 Å². The molecule has 0 aromatic heterocycles. The molecule has 320 valence electrons. The molecule has 0 bridgehead atoms. The van der Waals surface area contributed by atoms with Crippen LogP contribution in [0.2, 0.25) is 0 Å². The van der Waals surface area contributed by atoms with Crippen LogP contribution in [0.15, 0.2) is 180 Å². The molecular weight excluding hydrogens is 761 g/mol. The molecule has 0 heterocycles. The first-order valence-electron chi connectivity index (χ1n) is 22.6. The number of nitrogens with zero attached hydrogens (tertiary/aromatic N) is 2. The predicted octanol–water partition coefficient (Wildman–Crippen LogP) is 17.0. The average molecular weight is 827 g/mol. The maximum Gasteiger partial charge on any atom is 0.0681 e. The van der Waals surface area contributed by atoms with E-state index >= 15 is 0 Å². The molecule has 0 radical (unpaired) electrons. The summed E-state index contributed by atoms with van der Waals surface area (Å²) in [7, 11) is 0. The molecule has 2 unspecified atom stereocenters. The number of benzene rings is 5. The van der Waals surface area contributed by atoms with Gasteiger partial charge in [0.05, 0.1) is 5.41 Å². The zero-order chi connectivity index (χ0) is 45.3. The largest absolute Gasteiger partial charge is 0.335 e. The fraction of sp³-hybridized carbons (Fsp3) is 0.246. The summed E-state index contributed by atoms with van der Waals surface area (Å²) in [4.78, 5) is 4.90. The quantitative estimate of drug-likeness (QED) is 0.138. The van der Waals surface area contributed by atoms with Crippen LogP contribution in [0.1, 0.15) is 90.3 Å². The standard InChI is InChI=1S/C61H66N2/c1-15-18-57-49(14)61(60(19-16-2)56(57)17-3)58(32-25-48(13)62(51-27-21-39(4)44(9)34-51)52-28-22-40(5)45(10)35-52)43(8)20-26-50-38-55(31-33-59(50)61)63(53-29-23-41(6)46(11)36-53)54-30-24-42(7)47(12)37-54/h15-38,48H,2H2,1,3-14H3/b18-15-,32-25-,56-17-,60-19+. The maximum absolute atomic E-state index is 4.31. The molecule has 2 atom stereocenters. The molecule has 5 aromatic carbocycles. The van der Waals surface area contributed by atoms with Crippen LogP contribution in [0.5, 0.6) is 0 Å². The first-order chi connectivity index (χ1) is 30.1. The van der Waals surface area contributed by atoms with Crippen LogP contribution >= 0.6 is 0 Å². The third kappa shape index (κ3) is 8.09. The van der Waals surface area contributed by atoms with Crippen molar-refractivity contribution >= 4 is 34.5 Å². The monoisotopic (exact) mass is 827 g/mol. The Hall–Kier alpha value is -6.38. The van der Waals surface area contributed by atoms with Crippen molar-refractivity contribution in [3.8, 4) is 0 Å². The fourth-order valence-electron chi connectivity index (χ4n) is 9.71. The predicted molar refractivity (Wildman–Crippen MR) is 276 cm³/mol. The van der Waals surface area contributed by atoms with Crippen LogP contribution in [0.25, 0.3) is 6.08 Å². The average Bonchev–Trinajstić information content (AvgIpc) is 3.40. The Balaban J connectivity index is 1.47. The first-order valence-corrected chi connectivity index (χ1v) is 22.6. The van der Waals surface area contributed by atoms with Crippen molar-refractivity contribution in [2.75, 3.05) is 9.80 Å². The summed E-state index contributed by atoms with van der Waals surface area (Å²) >= 11 is 0. The lowest BCUT2D eigenvalue weighted by atomic mass is 9.64. The highest BCUT2D eigenvalue weighted by atomic mass is 15.2. The molecule has 2 aliphatic carbocycles. The van der Waals surface area contributed by atoms with Crippen LogP contribution < -0.4 is 9.80 Å². The molecule has 2 nitrogen and oxygen atoms in total. The van der Waals surface area contributed by atoms with Gasteiger partial charge in [-0.2, -0.15) is 0 Å². The number of fused-ring (bicyclic) bond motifs is 2. The van der Waals surface area contributed by atoms with E-state index in [2.05, 4.69) is 246 Å². The Morgan fingerprint density at radius 1 is 0.556 bits per heavy atom. The Morgan fingerprint density at radius 2 is 1.03 bits per heavy atom. The molecule has 63 heavy (non-hydrogen) atoms. The minimum atomic E-state index is -0.597. The molecule has 2 aliphatic rings. The van der Waals surface area contributed by atoms with Crippen LogP contribution in [0.3, 0.4) is 0 Å². The summed E-state index contributed by atoms with van der Waals surface area (Å²) in [6.45, 7) is 33.2. The van der Waals surface area contributed by atoms with E-state index in [1.807, 2.05) is 6.08 Å². The van der Waals surface area contributed by atoms with E-state index in [1.54, 1.807) is 0 Å². The van der Waals surface area contributed by atoms with Crippen molar-refractivity contribution in [3.05, 3.63) is 235 Å². The van der Waals surface area contributed by atoms with Gasteiger partial charge < -0.3 is 9.80 Å². The van der Waals surface area contributed by atoms with Crippen molar-refractivity contribution in [3.63, 3.8) is 0 Å². The van der Waals surface area contributed by atoms with E-state index in [0.29, 0.717) is 0 Å². The first kappa shape index (κ1) is 44.7. The number of anilines is 5. The van der Waals surface area contributed by atoms with Crippen LogP contribution in [0, 0.1) is 55.4 Å². The van der Waals surface area contributed by atoms with E-state index in [-0.39, 0.29) is 6.04 Å². The highest BCUT2D eigenvalue weighted by molar-refractivity contribution is 5.85. The summed E-state index contributed by atoms with van der Waals surface area (Å²) in [6.07, 6.45) is 20.5. The van der Waals surface area contributed by atoms with Crippen molar-refractivity contribution in [1.29, 1.82) is 0 Å². The highest BCUT2D eigenvalue weighted by Gasteiger charge is 2.49. The minimum absolute atomic E-state index is 0.0267. The van der Waals surface area contributed by atoms with Crippen molar-refractivity contribution in [1.82, 2.24) is 0 Å². The second kappa shape index (κ2) is 18.1. The van der Waals surface area contributed by atoms with E-state index in [0.717, 1.165) is 17.1 Å². The molecular formula is C61H66N2. The Labute approximate surface area is 379 Å². The van der Waals surface area contributed by atoms with Crippen molar-refractivity contribution < 1.29 is 0 Å². The van der Waals surface area contributed by atoms with Gasteiger partial charge in [0.25, 0.3) is 0 Å². The van der Waals surface area contributed by atoms with E-state index in [1.165, 1.54) is 100 Å². The van der Waals surface area contributed by atoms with Crippen molar-refractivity contribution in [2.24, 2.45) is 0 Å². The van der Waals surface area contributed by atoms with Gasteiger partial charge in [-0.05, 0) is 240 Å². The molecule has 5 aromatic rings. The minimum Gasteiger partial charge on any atom is -0.335 e. The smallest absolute Gasteiger partial charge is 0.0681 e. The molecule has 0 saturated carbocycles. The summed E-state index contributed by atoms with van der Waals surface area (Å²) in [6, 6.07) is 34.5. The summed E-state index contributed by atoms with van der Waals surface area (Å²) in [5.74, 6) is 0. The third-order valence-corrected chi connectivity index (χ3v) is 13.9. The van der Waals surface area contributed by atoms with Gasteiger partial charge >= 0.3 is 0 Å². The molecule has 0 N–H and O–H groups in total. The van der Waals surface area contributed by atoms with Crippen LogP contribution in [-0.2, 0) is 5.41 Å². The van der Waals surface area contributed by atoms with E-state index in [9.17, 15) is 0 Å². The Kier molecular flexibility index (Phi) is 12.9. The molecule has 0 aliphatic heterocycles. The van der Waals surface area contributed by atoms with Gasteiger partial charge in [-0.3, -0.25) is 0 Å². The van der Waals surface area contributed by atoms with Gasteiger partial charge in [-0.1, -0.05) is 91.6 Å². The number of rotatable bonds is 10. The Bertz CT molecular complexity index is 2740. The molecule has 0 saturated heterocycles. The number of allylic oxidation sites excluding steroid dienone is 13.